The zero-order valence-corrected chi connectivity index (χ0v) is 11.8. The summed E-state index contributed by atoms with van der Waals surface area (Å²) in [4.78, 5) is 4.53. The van der Waals surface area contributed by atoms with E-state index in [0.717, 1.165) is 42.7 Å². The normalized spacial score (nSPS) is 23.5. The summed E-state index contributed by atoms with van der Waals surface area (Å²) in [6, 6.07) is 0.259. The van der Waals surface area contributed by atoms with Gasteiger partial charge in [-0.3, -0.25) is 9.25 Å². The van der Waals surface area contributed by atoms with E-state index in [9.17, 15) is 0 Å². The lowest BCUT2D eigenvalue weighted by atomic mass is 10.1. The maximum atomic E-state index is 6.13. The summed E-state index contributed by atoms with van der Waals surface area (Å²) in [6.45, 7) is 5.02. The highest BCUT2D eigenvalue weighted by Gasteiger charge is 2.30. The molecule has 2 atom stereocenters. The van der Waals surface area contributed by atoms with Gasteiger partial charge in [0.05, 0.1) is 17.8 Å². The van der Waals surface area contributed by atoms with Gasteiger partial charge in [0.2, 0.25) is 5.95 Å². The van der Waals surface area contributed by atoms with Crippen molar-refractivity contribution in [3.63, 3.8) is 0 Å². The standard InChI is InChI=1S/C13H21N5O/c1-4-5-9-11-12(17(3)16-9)18(13(14)15-11)10-6-7-19-8(10)2/h8,10H,4-7H2,1-3H3,(H2,14,15). The zero-order valence-electron chi connectivity index (χ0n) is 11.8. The molecule has 6 heteroatoms. The molecule has 0 radical (unpaired) electrons. The highest BCUT2D eigenvalue weighted by molar-refractivity contribution is 5.78. The van der Waals surface area contributed by atoms with Crippen molar-refractivity contribution in [3.05, 3.63) is 5.69 Å². The molecule has 2 N–H and O–H groups in total. The third-order valence-electron chi connectivity index (χ3n) is 3.92. The first-order chi connectivity index (χ1) is 9.13. The summed E-state index contributed by atoms with van der Waals surface area (Å²) in [5.41, 5.74) is 9.13. The number of aromatic nitrogens is 4. The topological polar surface area (TPSA) is 70.9 Å². The Kier molecular flexibility index (Phi) is 2.97. The number of nitrogens with two attached hydrogens (primary N) is 1. The van der Waals surface area contributed by atoms with Gasteiger partial charge >= 0.3 is 0 Å². The van der Waals surface area contributed by atoms with E-state index in [1.54, 1.807) is 0 Å². The van der Waals surface area contributed by atoms with Crippen LogP contribution in [-0.4, -0.2) is 32.0 Å². The van der Waals surface area contributed by atoms with E-state index < -0.39 is 0 Å². The molecule has 1 aliphatic rings. The fourth-order valence-electron chi connectivity index (χ4n) is 3.01. The van der Waals surface area contributed by atoms with Gasteiger partial charge in [0.15, 0.2) is 5.65 Å². The van der Waals surface area contributed by atoms with Gasteiger partial charge in [-0.05, 0) is 19.8 Å². The first kappa shape index (κ1) is 12.5. The summed E-state index contributed by atoms with van der Waals surface area (Å²) in [5, 5.41) is 4.57. The van der Waals surface area contributed by atoms with Crippen LogP contribution < -0.4 is 5.73 Å². The molecule has 1 fully saturated rings. The summed E-state index contributed by atoms with van der Waals surface area (Å²) in [7, 11) is 1.96. The molecule has 3 rings (SSSR count). The number of ether oxygens (including phenoxy) is 1. The van der Waals surface area contributed by atoms with Crippen molar-refractivity contribution in [2.24, 2.45) is 7.05 Å². The van der Waals surface area contributed by atoms with E-state index in [2.05, 4.69) is 28.5 Å². The molecule has 2 aromatic heterocycles. The molecule has 3 heterocycles. The molecular weight excluding hydrogens is 242 g/mol. The van der Waals surface area contributed by atoms with Crippen LogP contribution in [0.5, 0.6) is 0 Å². The molecule has 0 saturated carbocycles. The van der Waals surface area contributed by atoms with Crippen molar-refractivity contribution in [1.29, 1.82) is 0 Å². The van der Waals surface area contributed by atoms with E-state index in [4.69, 9.17) is 10.5 Å². The van der Waals surface area contributed by atoms with Gasteiger partial charge in [-0.1, -0.05) is 13.3 Å². The number of nitrogen functional groups attached to an aromatic ring is 1. The summed E-state index contributed by atoms with van der Waals surface area (Å²) < 4.78 is 9.65. The number of aryl methyl sites for hydroxylation is 2. The van der Waals surface area contributed by atoms with Gasteiger partial charge in [0.1, 0.15) is 5.52 Å². The predicted octanol–water partition coefficient (Wildman–Crippen LogP) is 1.65. The Morgan fingerprint density at radius 2 is 2.26 bits per heavy atom. The maximum Gasteiger partial charge on any atom is 0.202 e. The molecule has 19 heavy (non-hydrogen) atoms. The molecule has 6 nitrogen and oxygen atoms in total. The maximum absolute atomic E-state index is 6.13. The minimum Gasteiger partial charge on any atom is -0.376 e. The molecule has 0 bridgehead atoms. The number of fused-ring (bicyclic) bond motifs is 1. The van der Waals surface area contributed by atoms with Crippen molar-refractivity contribution < 1.29 is 4.74 Å². The fourth-order valence-corrected chi connectivity index (χ4v) is 3.01. The SMILES string of the molecule is CCCc1nn(C)c2c1nc(N)n2C1CCOC1C. The largest absolute Gasteiger partial charge is 0.376 e. The van der Waals surface area contributed by atoms with Crippen molar-refractivity contribution in [1.82, 2.24) is 19.3 Å². The molecular formula is C13H21N5O. The quantitative estimate of drug-likeness (QED) is 0.914. The average molecular weight is 263 g/mol. The Hall–Kier alpha value is -1.56. The van der Waals surface area contributed by atoms with Gasteiger partial charge in [-0.2, -0.15) is 5.10 Å². The lowest BCUT2D eigenvalue weighted by molar-refractivity contribution is 0.108. The van der Waals surface area contributed by atoms with Crippen LogP contribution in [0.3, 0.4) is 0 Å². The highest BCUT2D eigenvalue weighted by Crippen LogP contribution is 2.33. The predicted molar refractivity (Wildman–Crippen MR) is 74.0 cm³/mol. The van der Waals surface area contributed by atoms with E-state index in [0.29, 0.717) is 5.95 Å². The Morgan fingerprint density at radius 3 is 2.89 bits per heavy atom. The molecule has 104 valence electrons. The van der Waals surface area contributed by atoms with Crippen LogP contribution in [0.15, 0.2) is 0 Å². The van der Waals surface area contributed by atoms with Crippen molar-refractivity contribution >= 4 is 17.1 Å². The van der Waals surface area contributed by atoms with E-state index in [1.165, 1.54) is 0 Å². The first-order valence-corrected chi connectivity index (χ1v) is 6.94. The molecule has 1 saturated heterocycles. The van der Waals surface area contributed by atoms with Crippen molar-refractivity contribution in [2.45, 2.75) is 45.3 Å². The second kappa shape index (κ2) is 4.52. The second-order valence-corrected chi connectivity index (χ2v) is 5.26. The first-order valence-electron chi connectivity index (χ1n) is 6.94. The lowest BCUT2D eigenvalue weighted by Crippen LogP contribution is -2.19. The summed E-state index contributed by atoms with van der Waals surface area (Å²) >= 11 is 0. The van der Waals surface area contributed by atoms with Crippen LogP contribution in [0, 0.1) is 0 Å². The number of imidazole rings is 1. The van der Waals surface area contributed by atoms with Crippen molar-refractivity contribution in [2.75, 3.05) is 12.3 Å². The molecule has 0 spiro atoms. The van der Waals surface area contributed by atoms with Crippen LogP contribution in [0.25, 0.3) is 11.2 Å². The second-order valence-electron chi connectivity index (χ2n) is 5.26. The Labute approximate surface area is 112 Å². The van der Waals surface area contributed by atoms with Gasteiger partial charge in [-0.15, -0.1) is 0 Å². The van der Waals surface area contributed by atoms with E-state index >= 15 is 0 Å². The molecule has 2 unspecified atom stereocenters. The summed E-state index contributed by atoms with van der Waals surface area (Å²) in [5.74, 6) is 0.572. The fraction of sp³-hybridized carbons (Fsp3) is 0.692. The number of rotatable bonds is 3. The minimum atomic E-state index is 0.171. The molecule has 0 amide bonds. The van der Waals surface area contributed by atoms with Crippen LogP contribution in [0.4, 0.5) is 5.95 Å². The monoisotopic (exact) mass is 263 g/mol. The Bertz CT molecular complexity index is 600. The molecule has 2 aromatic rings. The minimum absolute atomic E-state index is 0.171. The van der Waals surface area contributed by atoms with Gasteiger partial charge in [0.25, 0.3) is 0 Å². The smallest absolute Gasteiger partial charge is 0.202 e. The number of hydrogen-bond donors (Lipinski definition) is 1. The highest BCUT2D eigenvalue weighted by atomic mass is 16.5. The summed E-state index contributed by atoms with van der Waals surface area (Å²) in [6.07, 6.45) is 3.14. The van der Waals surface area contributed by atoms with Crippen molar-refractivity contribution in [3.8, 4) is 0 Å². The van der Waals surface area contributed by atoms with Gasteiger partial charge in [0, 0.05) is 13.7 Å². The van der Waals surface area contributed by atoms with Crippen LogP contribution in [-0.2, 0) is 18.2 Å². The average Bonchev–Trinajstić information content (AvgIpc) is 2.98. The van der Waals surface area contributed by atoms with Crippen LogP contribution in [0.2, 0.25) is 0 Å². The number of hydrogen-bond acceptors (Lipinski definition) is 4. The number of nitrogens with zero attached hydrogens (tertiary/aromatic N) is 4. The Balaban J connectivity index is 2.16. The lowest BCUT2D eigenvalue weighted by Gasteiger charge is -2.18. The molecule has 0 aliphatic carbocycles. The van der Waals surface area contributed by atoms with E-state index in [1.807, 2.05) is 11.7 Å². The van der Waals surface area contributed by atoms with Gasteiger partial charge in [-0.25, -0.2) is 4.98 Å². The number of anilines is 1. The van der Waals surface area contributed by atoms with Crippen LogP contribution >= 0.6 is 0 Å². The zero-order chi connectivity index (χ0) is 13.6. The molecule has 1 aliphatic heterocycles. The van der Waals surface area contributed by atoms with E-state index in [-0.39, 0.29) is 12.1 Å². The Morgan fingerprint density at radius 1 is 1.47 bits per heavy atom. The van der Waals surface area contributed by atoms with Gasteiger partial charge < -0.3 is 10.5 Å². The van der Waals surface area contributed by atoms with Crippen LogP contribution in [0.1, 0.15) is 38.4 Å². The molecule has 0 aromatic carbocycles. The third kappa shape index (κ3) is 1.82. The third-order valence-corrected chi connectivity index (χ3v) is 3.92.